The van der Waals surface area contributed by atoms with Crippen molar-refractivity contribution in [2.45, 2.75) is 61.4 Å². The van der Waals surface area contributed by atoms with Gasteiger partial charge in [-0.3, -0.25) is 4.79 Å². The van der Waals surface area contributed by atoms with Gasteiger partial charge in [0.05, 0.1) is 12.2 Å². The number of esters is 1. The smallest absolute Gasteiger partial charge is 0.330 e. The highest BCUT2D eigenvalue weighted by molar-refractivity contribution is 5.87. The van der Waals surface area contributed by atoms with Gasteiger partial charge in [-0.05, 0) is 54.1 Å². The van der Waals surface area contributed by atoms with E-state index in [9.17, 15) is 60.7 Å². The maximum atomic E-state index is 12.8. The molecule has 4 aliphatic rings. The van der Waals surface area contributed by atoms with Crippen molar-refractivity contribution < 1.29 is 84.0 Å². The van der Waals surface area contributed by atoms with Gasteiger partial charge in [-0.2, -0.15) is 0 Å². The van der Waals surface area contributed by atoms with Crippen LogP contribution in [-0.4, -0.2) is 132 Å². The average Bonchev–Trinajstić information content (AvgIpc) is 3.15. The first-order valence-corrected chi connectivity index (χ1v) is 16.4. The third-order valence-electron chi connectivity index (χ3n) is 8.72. The summed E-state index contributed by atoms with van der Waals surface area (Å²) in [6.07, 6.45) is -14.8. The average molecular weight is 757 g/mol. The Morgan fingerprint density at radius 3 is 1.98 bits per heavy atom. The Labute approximate surface area is 304 Å². The first-order chi connectivity index (χ1) is 25.7. The van der Waals surface area contributed by atoms with Crippen molar-refractivity contribution in [2.75, 3.05) is 13.2 Å². The minimum Gasteiger partial charge on any atom is -0.508 e. The first kappa shape index (κ1) is 38.4. The molecule has 10 unspecified atom stereocenters. The van der Waals surface area contributed by atoms with E-state index in [1.54, 1.807) is 0 Å². The summed E-state index contributed by atoms with van der Waals surface area (Å²) in [5.41, 5.74) is 0.00566. The SMILES string of the molecule is O=C(C=Cc1ccc(O)c(O)c1)OCC1OC(Oc2cc3c(OC4OC(CO)C(O)C(O)C4O)cc(=O)cc-3oc2-c2ccc(O)cc2)C(O)C(O)C1O. The van der Waals surface area contributed by atoms with Crippen LogP contribution >= 0.6 is 0 Å². The molecule has 2 aromatic carbocycles. The molecule has 3 aliphatic heterocycles. The number of aliphatic hydroxyl groups is 7. The summed E-state index contributed by atoms with van der Waals surface area (Å²) in [5, 5.41) is 102. The number of fused-ring (bicyclic) bond motifs is 1. The van der Waals surface area contributed by atoms with Gasteiger partial charge in [0.15, 0.2) is 28.4 Å². The van der Waals surface area contributed by atoms with Gasteiger partial charge in [-0.15, -0.1) is 0 Å². The van der Waals surface area contributed by atoms with Crippen LogP contribution in [0, 0.1) is 0 Å². The van der Waals surface area contributed by atoms with Crippen molar-refractivity contribution >= 4 is 12.0 Å². The lowest BCUT2D eigenvalue weighted by molar-refractivity contribution is -0.278. The lowest BCUT2D eigenvalue weighted by Crippen LogP contribution is -2.60. The van der Waals surface area contributed by atoms with E-state index >= 15 is 0 Å². The van der Waals surface area contributed by atoms with Gasteiger partial charge in [-0.25, -0.2) is 4.79 Å². The molecule has 18 nitrogen and oxygen atoms in total. The number of carbonyl (C=O) groups is 1. The second-order valence-corrected chi connectivity index (χ2v) is 12.5. The van der Waals surface area contributed by atoms with Crippen LogP contribution in [0.15, 0.2) is 76.0 Å². The van der Waals surface area contributed by atoms with Crippen molar-refractivity contribution in [3.63, 3.8) is 0 Å². The minimum atomic E-state index is -1.90. The van der Waals surface area contributed by atoms with Crippen LogP contribution in [0.3, 0.4) is 0 Å². The predicted octanol–water partition coefficient (Wildman–Crippen LogP) is -0.850. The Bertz CT molecular complexity index is 1990. The third kappa shape index (κ3) is 8.11. The molecule has 1 aliphatic carbocycles. The summed E-state index contributed by atoms with van der Waals surface area (Å²) in [5.74, 6) is -2.46. The fourth-order valence-electron chi connectivity index (χ4n) is 5.75. The molecule has 2 fully saturated rings. The Hall–Kier alpha value is -5.28. The molecular weight excluding hydrogens is 720 g/mol. The van der Waals surface area contributed by atoms with E-state index in [1.165, 1.54) is 54.6 Å². The van der Waals surface area contributed by atoms with Gasteiger partial charge in [0.1, 0.15) is 72.7 Å². The fourth-order valence-corrected chi connectivity index (χ4v) is 5.75. The minimum absolute atomic E-state index is 0.00851. The van der Waals surface area contributed by atoms with Crippen molar-refractivity contribution in [2.24, 2.45) is 0 Å². The molecule has 0 saturated carbocycles. The molecule has 0 aromatic heterocycles. The molecule has 0 radical (unpaired) electrons. The van der Waals surface area contributed by atoms with Gasteiger partial charge in [-0.1, -0.05) is 6.07 Å². The van der Waals surface area contributed by atoms with Crippen LogP contribution in [0.5, 0.6) is 28.7 Å². The quantitative estimate of drug-likeness (QED) is 0.0535. The van der Waals surface area contributed by atoms with E-state index in [2.05, 4.69) is 0 Å². The first-order valence-electron chi connectivity index (χ1n) is 16.4. The van der Waals surface area contributed by atoms with Gasteiger partial charge < -0.3 is 79.2 Å². The third-order valence-corrected chi connectivity index (χ3v) is 8.72. The van der Waals surface area contributed by atoms with Crippen LogP contribution in [0.25, 0.3) is 28.7 Å². The largest absolute Gasteiger partial charge is 0.508 e. The summed E-state index contributed by atoms with van der Waals surface area (Å²) in [6, 6.07) is 12.7. The Morgan fingerprint density at radius 2 is 1.33 bits per heavy atom. The summed E-state index contributed by atoms with van der Waals surface area (Å²) in [6.45, 7) is -1.38. The number of aliphatic hydroxyl groups excluding tert-OH is 7. The molecule has 6 rings (SSSR count). The molecule has 0 spiro atoms. The number of ether oxygens (including phenoxy) is 5. The maximum absolute atomic E-state index is 12.8. The van der Waals surface area contributed by atoms with E-state index in [0.29, 0.717) is 5.56 Å². The standard InChI is InChI=1S/C36H36O18/c37-13-25-28(43)30(45)32(47)35(53-25)51-23-11-18(39)10-22-19(23)12-24(34(50-22)16-3-5-17(38)6-4-16)52-36-33(48)31(46)29(44)26(54-36)14-49-27(42)8-2-15-1-7-20(40)21(41)9-15/h1-12,25-26,28-33,35-38,40-41,43-48H,13-14H2. The monoisotopic (exact) mass is 756 g/mol. The summed E-state index contributed by atoms with van der Waals surface area (Å²) in [7, 11) is 0. The molecular formula is C36H36O18. The molecule has 10 atom stereocenters. The zero-order chi connectivity index (χ0) is 38.8. The number of carbonyl (C=O) groups excluding carboxylic acids is 1. The number of rotatable bonds is 10. The molecule has 288 valence electrons. The number of hydrogen-bond donors (Lipinski definition) is 10. The second kappa shape index (κ2) is 16.0. The highest BCUT2D eigenvalue weighted by Gasteiger charge is 2.47. The predicted molar refractivity (Wildman–Crippen MR) is 180 cm³/mol. The van der Waals surface area contributed by atoms with Gasteiger partial charge in [0.25, 0.3) is 0 Å². The number of benzene rings is 3. The van der Waals surface area contributed by atoms with E-state index in [4.69, 9.17) is 28.1 Å². The second-order valence-electron chi connectivity index (χ2n) is 12.5. The van der Waals surface area contributed by atoms with Crippen molar-refractivity contribution in [1.29, 1.82) is 0 Å². The van der Waals surface area contributed by atoms with Crippen molar-refractivity contribution in [3.05, 3.63) is 82.5 Å². The van der Waals surface area contributed by atoms with Crippen LogP contribution in [0.4, 0.5) is 0 Å². The zero-order valence-electron chi connectivity index (χ0n) is 27.9. The van der Waals surface area contributed by atoms with E-state index in [0.717, 1.165) is 18.2 Å². The number of aromatic hydroxyl groups is 3. The molecule has 0 bridgehead atoms. The summed E-state index contributed by atoms with van der Waals surface area (Å²) >= 11 is 0. The topological polar surface area (TPSA) is 296 Å². The van der Waals surface area contributed by atoms with E-state index in [1.807, 2.05) is 0 Å². The lowest BCUT2D eigenvalue weighted by Gasteiger charge is -2.40. The highest BCUT2D eigenvalue weighted by Crippen LogP contribution is 2.43. The van der Waals surface area contributed by atoms with E-state index < -0.39 is 91.8 Å². The normalized spacial score (nSPS) is 28.6. The molecule has 54 heavy (non-hydrogen) atoms. The van der Waals surface area contributed by atoms with Gasteiger partial charge in [0.2, 0.25) is 12.6 Å². The summed E-state index contributed by atoms with van der Waals surface area (Å²) < 4.78 is 34.2. The van der Waals surface area contributed by atoms with E-state index in [-0.39, 0.29) is 45.6 Å². The maximum Gasteiger partial charge on any atom is 0.330 e. The molecule has 18 heteroatoms. The van der Waals surface area contributed by atoms with Crippen LogP contribution in [0.2, 0.25) is 0 Å². The van der Waals surface area contributed by atoms with Crippen LogP contribution in [0.1, 0.15) is 5.56 Å². The number of hydrogen-bond acceptors (Lipinski definition) is 18. The number of phenols is 3. The van der Waals surface area contributed by atoms with Gasteiger partial charge in [0, 0.05) is 23.8 Å². The summed E-state index contributed by atoms with van der Waals surface area (Å²) in [4.78, 5) is 25.2. The Kier molecular flexibility index (Phi) is 11.4. The highest BCUT2D eigenvalue weighted by atomic mass is 16.7. The molecule has 10 N–H and O–H groups in total. The van der Waals surface area contributed by atoms with Crippen LogP contribution in [-0.2, 0) is 19.0 Å². The lowest BCUT2D eigenvalue weighted by atomic mass is 9.99. The zero-order valence-corrected chi connectivity index (χ0v) is 27.9. The molecule has 0 amide bonds. The Balaban J connectivity index is 1.29. The van der Waals surface area contributed by atoms with Gasteiger partial charge >= 0.3 is 5.97 Å². The van der Waals surface area contributed by atoms with Crippen molar-refractivity contribution in [3.8, 4) is 51.4 Å². The number of phenolic OH excluding ortho intramolecular Hbond substituents is 3. The molecule has 2 saturated heterocycles. The molecule has 2 aromatic rings. The Morgan fingerprint density at radius 1 is 0.704 bits per heavy atom. The molecule has 3 heterocycles. The fraction of sp³-hybridized carbons (Fsp3) is 0.333. The van der Waals surface area contributed by atoms with Crippen molar-refractivity contribution in [1.82, 2.24) is 0 Å². The van der Waals surface area contributed by atoms with Crippen LogP contribution < -0.4 is 14.9 Å².